The minimum Gasteiger partial charge on any atom is -0.377 e. The molecule has 4 rings (SSSR count). The fraction of sp³-hybridized carbons (Fsp3) is 0.500. The molecule has 0 aromatic carbocycles. The van der Waals surface area contributed by atoms with Gasteiger partial charge in [-0.15, -0.1) is 0 Å². The van der Waals surface area contributed by atoms with Crippen molar-refractivity contribution in [3.05, 3.63) is 46.5 Å². The van der Waals surface area contributed by atoms with E-state index in [-0.39, 0.29) is 36.3 Å². The van der Waals surface area contributed by atoms with Crippen molar-refractivity contribution >= 4 is 17.5 Å². The lowest BCUT2D eigenvalue weighted by Gasteiger charge is -2.40. The highest BCUT2D eigenvalue weighted by atomic mass is 19.4. The Kier molecular flexibility index (Phi) is 5.69. The molecule has 0 bridgehead atoms. The van der Waals surface area contributed by atoms with Crippen LogP contribution in [0.3, 0.4) is 0 Å². The minimum absolute atomic E-state index is 0.0869. The zero-order valence-corrected chi connectivity index (χ0v) is 16.9. The molecule has 11 heteroatoms. The van der Waals surface area contributed by atoms with E-state index in [2.05, 4.69) is 9.97 Å². The number of hydrogen-bond donors (Lipinski definition) is 0. The lowest BCUT2D eigenvalue weighted by atomic mass is 10.1. The fourth-order valence-electron chi connectivity index (χ4n) is 3.97. The van der Waals surface area contributed by atoms with E-state index in [0.717, 1.165) is 4.90 Å². The Morgan fingerprint density at radius 3 is 2.81 bits per heavy atom. The average molecular weight is 437 g/mol. The number of rotatable bonds is 4. The molecule has 2 aliphatic heterocycles. The topological polar surface area (TPSA) is 80.6 Å². The summed E-state index contributed by atoms with van der Waals surface area (Å²) >= 11 is 0. The van der Waals surface area contributed by atoms with E-state index >= 15 is 0 Å². The number of anilines is 2. The van der Waals surface area contributed by atoms with Crippen LogP contribution in [-0.2, 0) is 11.3 Å². The van der Waals surface area contributed by atoms with Gasteiger partial charge in [0.2, 0.25) is 5.95 Å². The molecule has 0 N–H and O–H groups in total. The van der Waals surface area contributed by atoms with Crippen LogP contribution in [0.5, 0.6) is 0 Å². The first-order chi connectivity index (χ1) is 14.8. The van der Waals surface area contributed by atoms with Gasteiger partial charge >= 0.3 is 6.18 Å². The molecule has 166 valence electrons. The highest BCUT2D eigenvalue weighted by molar-refractivity contribution is 5.98. The number of fused-ring (bicyclic) bond motifs is 1. The molecule has 0 amide bonds. The summed E-state index contributed by atoms with van der Waals surface area (Å²) in [5, 5.41) is 0. The molecule has 4 heterocycles. The van der Waals surface area contributed by atoms with Gasteiger partial charge in [-0.05, 0) is 25.5 Å². The molecule has 0 spiro atoms. The Balaban J connectivity index is 1.76. The minimum atomic E-state index is -4.58. The van der Waals surface area contributed by atoms with Gasteiger partial charge in [-0.2, -0.15) is 18.2 Å². The molecule has 0 radical (unpaired) electrons. The number of aromatic nitrogens is 3. The fourth-order valence-corrected chi connectivity index (χ4v) is 3.97. The van der Waals surface area contributed by atoms with Gasteiger partial charge in [0.15, 0.2) is 5.78 Å². The first kappa shape index (κ1) is 21.3. The van der Waals surface area contributed by atoms with Crippen molar-refractivity contribution in [3.8, 4) is 0 Å². The van der Waals surface area contributed by atoms with Crippen molar-refractivity contribution in [2.24, 2.45) is 0 Å². The summed E-state index contributed by atoms with van der Waals surface area (Å²) in [4.78, 5) is 36.5. The smallest absolute Gasteiger partial charge is 0.377 e. The lowest BCUT2D eigenvalue weighted by Crippen LogP contribution is -2.54. The Morgan fingerprint density at radius 1 is 1.32 bits per heavy atom. The summed E-state index contributed by atoms with van der Waals surface area (Å²) < 4.78 is 48.1. The SMILES string of the molecule is C[C@@H]1COCCN1c1cc(=O)n2c(n1)N(CC(=O)c1cccnc1)[C@H](C(F)(F)F)CC2. The second kappa shape index (κ2) is 8.29. The van der Waals surface area contributed by atoms with E-state index in [4.69, 9.17) is 4.74 Å². The van der Waals surface area contributed by atoms with E-state index in [0.29, 0.717) is 19.8 Å². The van der Waals surface area contributed by atoms with Crippen LogP contribution in [0.1, 0.15) is 23.7 Å². The molecule has 1 fully saturated rings. The number of ketones is 1. The summed E-state index contributed by atoms with van der Waals surface area (Å²) in [6.07, 6.45) is -2.14. The second-order valence-corrected chi connectivity index (χ2v) is 7.66. The summed E-state index contributed by atoms with van der Waals surface area (Å²) in [7, 11) is 0. The van der Waals surface area contributed by atoms with Crippen LogP contribution in [0.4, 0.5) is 24.9 Å². The van der Waals surface area contributed by atoms with Gasteiger partial charge in [0.05, 0.1) is 25.8 Å². The zero-order valence-electron chi connectivity index (χ0n) is 16.9. The Hall–Kier alpha value is -2.95. The number of nitrogens with zero attached hydrogens (tertiary/aromatic N) is 5. The van der Waals surface area contributed by atoms with Gasteiger partial charge in [0.1, 0.15) is 11.9 Å². The average Bonchev–Trinajstić information content (AvgIpc) is 2.74. The molecule has 0 aliphatic carbocycles. The van der Waals surface area contributed by atoms with E-state index < -0.39 is 30.1 Å². The third kappa shape index (κ3) is 4.27. The predicted octanol–water partition coefficient (Wildman–Crippen LogP) is 1.89. The van der Waals surface area contributed by atoms with Crippen LogP contribution in [0.25, 0.3) is 0 Å². The molecule has 2 atom stereocenters. The van der Waals surface area contributed by atoms with E-state index in [1.807, 2.05) is 11.8 Å². The summed E-state index contributed by atoms with van der Waals surface area (Å²) in [6, 6.07) is 2.36. The Bertz CT molecular complexity index is 1010. The molecule has 1 saturated heterocycles. The number of carbonyl (C=O) groups excluding carboxylic acids is 1. The van der Waals surface area contributed by atoms with Crippen LogP contribution in [0, 0.1) is 0 Å². The lowest BCUT2D eigenvalue weighted by molar-refractivity contribution is -0.152. The number of pyridine rings is 1. The van der Waals surface area contributed by atoms with Gasteiger partial charge in [-0.3, -0.25) is 19.1 Å². The Morgan fingerprint density at radius 2 is 2.13 bits per heavy atom. The number of morpholine rings is 1. The molecule has 0 saturated carbocycles. The van der Waals surface area contributed by atoms with Crippen molar-refractivity contribution in [2.75, 3.05) is 36.1 Å². The van der Waals surface area contributed by atoms with Crippen LogP contribution >= 0.6 is 0 Å². The van der Waals surface area contributed by atoms with Gasteiger partial charge in [-0.25, -0.2) is 0 Å². The maximum Gasteiger partial charge on any atom is 0.408 e. The Labute approximate surface area is 176 Å². The number of halogens is 3. The molecule has 31 heavy (non-hydrogen) atoms. The van der Waals surface area contributed by atoms with Crippen molar-refractivity contribution in [3.63, 3.8) is 0 Å². The number of alkyl halides is 3. The van der Waals surface area contributed by atoms with Crippen LogP contribution in [0.2, 0.25) is 0 Å². The summed E-state index contributed by atoms with van der Waals surface area (Å²) in [5.74, 6) is -0.393. The molecule has 8 nitrogen and oxygen atoms in total. The van der Waals surface area contributed by atoms with Crippen LogP contribution in [0.15, 0.2) is 35.4 Å². The number of carbonyl (C=O) groups is 1. The maximum absolute atomic E-state index is 13.8. The molecule has 2 aromatic rings. The van der Waals surface area contributed by atoms with E-state index in [1.54, 1.807) is 6.07 Å². The maximum atomic E-state index is 13.8. The number of hydrogen-bond acceptors (Lipinski definition) is 7. The third-order valence-corrected chi connectivity index (χ3v) is 5.57. The molecule has 0 unspecified atom stereocenters. The van der Waals surface area contributed by atoms with E-state index in [9.17, 15) is 22.8 Å². The highest BCUT2D eigenvalue weighted by Gasteiger charge is 2.47. The molecule has 2 aromatic heterocycles. The standard InChI is InChI=1S/C20H22F3N5O3/c1-13-12-31-8-7-26(13)17-9-18(30)27-6-4-16(20(21,22)23)28(19(27)25-17)11-15(29)14-3-2-5-24-10-14/h2-3,5,9-10,13,16H,4,6-8,11-12H2,1H3/t13-,16+/m1/s1. The van der Waals surface area contributed by atoms with Crippen molar-refractivity contribution < 1.29 is 22.7 Å². The summed E-state index contributed by atoms with van der Waals surface area (Å²) in [6.45, 7) is 2.52. The molecular weight excluding hydrogens is 415 g/mol. The third-order valence-electron chi connectivity index (χ3n) is 5.57. The van der Waals surface area contributed by atoms with Gasteiger partial charge in [0.25, 0.3) is 5.56 Å². The molecular formula is C20H22F3N5O3. The normalized spacial score (nSPS) is 21.7. The van der Waals surface area contributed by atoms with Crippen molar-refractivity contribution in [1.29, 1.82) is 0 Å². The van der Waals surface area contributed by atoms with Crippen LogP contribution < -0.4 is 15.4 Å². The predicted molar refractivity (Wildman–Crippen MR) is 106 cm³/mol. The zero-order chi connectivity index (χ0) is 22.2. The van der Waals surface area contributed by atoms with Gasteiger partial charge < -0.3 is 14.5 Å². The van der Waals surface area contributed by atoms with Crippen LogP contribution in [-0.4, -0.2) is 64.9 Å². The largest absolute Gasteiger partial charge is 0.408 e. The second-order valence-electron chi connectivity index (χ2n) is 7.66. The number of Topliss-reactive ketones (excluding diaryl/α,β-unsaturated/α-hetero) is 1. The van der Waals surface area contributed by atoms with Crippen molar-refractivity contribution in [1.82, 2.24) is 14.5 Å². The highest BCUT2D eigenvalue weighted by Crippen LogP contribution is 2.34. The number of ether oxygens (including phenoxy) is 1. The first-order valence-electron chi connectivity index (χ1n) is 9.98. The quantitative estimate of drug-likeness (QED) is 0.676. The monoisotopic (exact) mass is 437 g/mol. The molecule has 2 aliphatic rings. The van der Waals surface area contributed by atoms with Gasteiger partial charge in [0, 0.05) is 37.1 Å². The van der Waals surface area contributed by atoms with E-state index in [1.165, 1.54) is 29.1 Å². The van der Waals surface area contributed by atoms with Crippen molar-refractivity contribution in [2.45, 2.75) is 38.1 Å². The van der Waals surface area contributed by atoms with Gasteiger partial charge in [-0.1, -0.05) is 0 Å². The first-order valence-corrected chi connectivity index (χ1v) is 9.98. The summed E-state index contributed by atoms with van der Waals surface area (Å²) in [5.41, 5.74) is -0.251.